The Bertz CT molecular complexity index is 951. The highest BCUT2D eigenvalue weighted by Gasteiger charge is 2.18. The second kappa shape index (κ2) is 5.05. The Labute approximate surface area is 130 Å². The third-order valence-corrected chi connectivity index (χ3v) is 3.27. The van der Waals surface area contributed by atoms with Gasteiger partial charge in [0.05, 0.1) is 11.9 Å². The summed E-state index contributed by atoms with van der Waals surface area (Å²) in [6.45, 7) is 1.77. The molecule has 114 valence electrons. The fourth-order valence-corrected chi connectivity index (χ4v) is 2.36. The first-order valence-corrected chi connectivity index (χ1v) is 6.92. The SMILES string of the molecule is Cc1nc(N)nc(-c2c(Nc3cn[nH]c3)nc3ccccn23)n1. The molecule has 0 saturated carbocycles. The lowest BCUT2D eigenvalue weighted by Gasteiger charge is -2.06. The van der Waals surface area contributed by atoms with Crippen LogP contribution >= 0.6 is 0 Å². The summed E-state index contributed by atoms with van der Waals surface area (Å²) in [4.78, 5) is 17.3. The minimum atomic E-state index is 0.174. The lowest BCUT2D eigenvalue weighted by atomic mass is 10.3. The fraction of sp³-hybridized carbons (Fsp3) is 0.0714. The van der Waals surface area contributed by atoms with Crippen LogP contribution < -0.4 is 11.1 Å². The van der Waals surface area contributed by atoms with E-state index in [1.165, 1.54) is 0 Å². The zero-order chi connectivity index (χ0) is 15.8. The quantitative estimate of drug-likeness (QED) is 0.524. The zero-order valence-corrected chi connectivity index (χ0v) is 12.2. The molecule has 0 bridgehead atoms. The maximum Gasteiger partial charge on any atom is 0.223 e. The van der Waals surface area contributed by atoms with Crippen LogP contribution in [-0.2, 0) is 0 Å². The molecule has 0 spiro atoms. The van der Waals surface area contributed by atoms with Crippen molar-refractivity contribution in [1.29, 1.82) is 0 Å². The van der Waals surface area contributed by atoms with Gasteiger partial charge in [0.2, 0.25) is 5.95 Å². The van der Waals surface area contributed by atoms with E-state index >= 15 is 0 Å². The first-order chi connectivity index (χ1) is 11.2. The van der Waals surface area contributed by atoms with E-state index in [9.17, 15) is 0 Å². The molecule has 0 fully saturated rings. The molecule has 4 N–H and O–H groups in total. The molecule has 0 aliphatic heterocycles. The van der Waals surface area contributed by atoms with Gasteiger partial charge in [0.1, 0.15) is 17.2 Å². The van der Waals surface area contributed by atoms with Crippen LogP contribution in [0.1, 0.15) is 5.82 Å². The number of pyridine rings is 1. The van der Waals surface area contributed by atoms with E-state index in [0.717, 1.165) is 11.3 Å². The van der Waals surface area contributed by atoms with Crippen molar-refractivity contribution in [2.45, 2.75) is 6.92 Å². The summed E-state index contributed by atoms with van der Waals surface area (Å²) in [6, 6.07) is 5.74. The van der Waals surface area contributed by atoms with Crippen LogP contribution in [0.5, 0.6) is 0 Å². The van der Waals surface area contributed by atoms with Crippen LogP contribution in [0.15, 0.2) is 36.8 Å². The van der Waals surface area contributed by atoms with Crippen molar-refractivity contribution >= 4 is 23.1 Å². The van der Waals surface area contributed by atoms with Gasteiger partial charge in [0, 0.05) is 12.4 Å². The number of nitrogen functional groups attached to an aromatic ring is 1. The van der Waals surface area contributed by atoms with Gasteiger partial charge in [-0.2, -0.15) is 15.1 Å². The molecular weight excluding hydrogens is 294 g/mol. The smallest absolute Gasteiger partial charge is 0.223 e. The third-order valence-electron chi connectivity index (χ3n) is 3.27. The molecule has 0 aliphatic rings. The van der Waals surface area contributed by atoms with Crippen molar-refractivity contribution in [2.24, 2.45) is 0 Å². The van der Waals surface area contributed by atoms with Gasteiger partial charge in [0.15, 0.2) is 11.6 Å². The summed E-state index contributed by atoms with van der Waals surface area (Å²) in [5.41, 5.74) is 8.03. The number of aromatic amines is 1. The molecule has 9 nitrogen and oxygen atoms in total. The van der Waals surface area contributed by atoms with Crippen LogP contribution in [0.25, 0.3) is 17.2 Å². The standard InChI is InChI=1S/C14H13N9/c1-8-18-12(22-14(15)19-8)11-13(20-9-6-16-17-7-9)21-10-4-2-3-5-23(10)11/h2-7,20H,1H3,(H,16,17)(H2,15,18,19,22). The lowest BCUT2D eigenvalue weighted by molar-refractivity contribution is 0.983. The van der Waals surface area contributed by atoms with E-state index in [1.807, 2.05) is 28.8 Å². The summed E-state index contributed by atoms with van der Waals surface area (Å²) in [7, 11) is 0. The van der Waals surface area contributed by atoms with Gasteiger partial charge in [0.25, 0.3) is 0 Å². The highest BCUT2D eigenvalue weighted by Crippen LogP contribution is 2.29. The van der Waals surface area contributed by atoms with Gasteiger partial charge in [-0.15, -0.1) is 0 Å². The number of rotatable bonds is 3. The predicted molar refractivity (Wildman–Crippen MR) is 85.0 cm³/mol. The zero-order valence-electron chi connectivity index (χ0n) is 12.2. The van der Waals surface area contributed by atoms with E-state index in [0.29, 0.717) is 23.2 Å². The average molecular weight is 307 g/mol. The van der Waals surface area contributed by atoms with Crippen LogP contribution in [0.2, 0.25) is 0 Å². The summed E-state index contributed by atoms with van der Waals surface area (Å²) >= 11 is 0. The second-order valence-electron chi connectivity index (χ2n) is 4.91. The Morgan fingerprint density at radius 2 is 2.09 bits per heavy atom. The summed E-state index contributed by atoms with van der Waals surface area (Å²) in [6.07, 6.45) is 5.30. The van der Waals surface area contributed by atoms with Gasteiger partial charge < -0.3 is 11.1 Å². The van der Waals surface area contributed by atoms with E-state index in [4.69, 9.17) is 5.73 Å². The topological polar surface area (TPSA) is 123 Å². The normalized spacial score (nSPS) is 11.0. The molecular formula is C14H13N9. The average Bonchev–Trinajstić information content (AvgIpc) is 3.13. The van der Waals surface area contributed by atoms with E-state index in [1.54, 1.807) is 19.3 Å². The van der Waals surface area contributed by atoms with Crippen molar-refractivity contribution in [3.8, 4) is 11.5 Å². The van der Waals surface area contributed by atoms with E-state index < -0.39 is 0 Å². The first kappa shape index (κ1) is 13.2. The molecule has 0 aromatic carbocycles. The number of nitrogens with one attached hydrogen (secondary N) is 2. The minimum Gasteiger partial charge on any atom is -0.368 e. The Morgan fingerprint density at radius 3 is 2.87 bits per heavy atom. The number of hydrogen-bond acceptors (Lipinski definition) is 7. The van der Waals surface area contributed by atoms with Gasteiger partial charge in [-0.3, -0.25) is 9.50 Å². The number of aromatic nitrogens is 7. The van der Waals surface area contributed by atoms with Gasteiger partial charge in [-0.1, -0.05) is 6.07 Å². The largest absolute Gasteiger partial charge is 0.368 e. The molecule has 0 aliphatic carbocycles. The number of aryl methyl sites for hydroxylation is 1. The third kappa shape index (κ3) is 2.33. The van der Waals surface area contributed by atoms with Gasteiger partial charge >= 0.3 is 0 Å². The van der Waals surface area contributed by atoms with Crippen molar-refractivity contribution < 1.29 is 0 Å². The van der Waals surface area contributed by atoms with Crippen molar-refractivity contribution in [2.75, 3.05) is 11.1 Å². The van der Waals surface area contributed by atoms with E-state index in [2.05, 4.69) is 35.5 Å². The first-order valence-electron chi connectivity index (χ1n) is 6.92. The van der Waals surface area contributed by atoms with Crippen molar-refractivity contribution in [3.05, 3.63) is 42.6 Å². The molecule has 23 heavy (non-hydrogen) atoms. The van der Waals surface area contributed by atoms with Gasteiger partial charge in [-0.05, 0) is 19.1 Å². The maximum absolute atomic E-state index is 5.77. The molecule has 9 heteroatoms. The molecule has 0 unspecified atom stereocenters. The molecule has 0 radical (unpaired) electrons. The highest BCUT2D eigenvalue weighted by molar-refractivity contribution is 5.76. The van der Waals surface area contributed by atoms with Crippen LogP contribution in [0, 0.1) is 6.92 Å². The van der Waals surface area contributed by atoms with Gasteiger partial charge in [-0.25, -0.2) is 9.97 Å². The summed E-state index contributed by atoms with van der Waals surface area (Å²) < 4.78 is 1.90. The van der Waals surface area contributed by atoms with Crippen molar-refractivity contribution in [3.63, 3.8) is 0 Å². The minimum absolute atomic E-state index is 0.174. The monoisotopic (exact) mass is 307 g/mol. The van der Waals surface area contributed by atoms with Crippen LogP contribution in [0.4, 0.5) is 17.5 Å². The Kier molecular flexibility index (Phi) is 2.90. The number of hydrogen-bond donors (Lipinski definition) is 3. The molecule has 0 amide bonds. The Hall–Kier alpha value is -3.49. The Morgan fingerprint density at radius 1 is 1.17 bits per heavy atom. The lowest BCUT2D eigenvalue weighted by Crippen LogP contribution is -2.04. The number of fused-ring (bicyclic) bond motifs is 1. The molecule has 4 rings (SSSR count). The predicted octanol–water partition coefficient (Wildman–Crippen LogP) is 1.54. The molecule has 0 saturated heterocycles. The molecule has 0 atom stereocenters. The molecule has 4 heterocycles. The molecule has 4 aromatic rings. The number of anilines is 3. The summed E-state index contributed by atoms with van der Waals surface area (Å²) in [5.74, 6) is 1.79. The number of nitrogens with zero attached hydrogens (tertiary/aromatic N) is 6. The molecule has 4 aromatic heterocycles. The second-order valence-corrected chi connectivity index (χ2v) is 4.91. The summed E-state index contributed by atoms with van der Waals surface area (Å²) in [5, 5.41) is 9.88. The number of imidazole rings is 1. The van der Waals surface area contributed by atoms with Crippen LogP contribution in [0.3, 0.4) is 0 Å². The van der Waals surface area contributed by atoms with Crippen molar-refractivity contribution in [1.82, 2.24) is 34.5 Å². The number of H-pyrrole nitrogens is 1. The van der Waals surface area contributed by atoms with Crippen LogP contribution in [-0.4, -0.2) is 34.5 Å². The highest BCUT2D eigenvalue weighted by atomic mass is 15.2. The maximum atomic E-state index is 5.77. The Balaban J connectivity index is 1.95. The fourth-order valence-electron chi connectivity index (χ4n) is 2.36. The number of nitrogens with two attached hydrogens (primary N) is 1. The van der Waals surface area contributed by atoms with E-state index in [-0.39, 0.29) is 5.95 Å².